The summed E-state index contributed by atoms with van der Waals surface area (Å²) >= 11 is 0. The molecule has 0 atom stereocenters. The molecule has 0 unspecified atom stereocenters. The fraction of sp³-hybridized carbons (Fsp3) is 0.364. The van der Waals surface area contributed by atoms with E-state index in [4.69, 9.17) is 5.11 Å². The van der Waals surface area contributed by atoms with Crippen molar-refractivity contribution in [2.24, 2.45) is 7.05 Å². The Morgan fingerprint density at radius 3 is 2.63 bits per heavy atom. The van der Waals surface area contributed by atoms with Crippen molar-refractivity contribution in [2.45, 2.75) is 20.4 Å². The first kappa shape index (κ1) is 12.9. The van der Waals surface area contributed by atoms with Crippen molar-refractivity contribution in [1.29, 1.82) is 0 Å². The Hall–Kier alpha value is -2.51. The van der Waals surface area contributed by atoms with Crippen LogP contribution in [-0.4, -0.2) is 35.9 Å². The molecular weight excluding hydrogens is 250 g/mol. The van der Waals surface area contributed by atoms with Crippen molar-refractivity contribution in [3.05, 3.63) is 39.1 Å². The van der Waals surface area contributed by atoms with Crippen LogP contribution < -0.4 is 5.56 Å². The summed E-state index contributed by atoms with van der Waals surface area (Å²) in [7, 11) is 1.62. The molecule has 0 aliphatic rings. The Labute approximate surface area is 108 Å². The van der Waals surface area contributed by atoms with Gasteiger partial charge in [0.05, 0.1) is 13.6 Å². The van der Waals surface area contributed by atoms with Crippen molar-refractivity contribution in [3.63, 3.8) is 0 Å². The lowest BCUT2D eigenvalue weighted by Gasteiger charge is -2.10. The van der Waals surface area contributed by atoms with Crippen LogP contribution in [0.15, 0.2) is 10.9 Å². The van der Waals surface area contributed by atoms with E-state index in [2.05, 4.69) is 15.4 Å². The highest BCUT2D eigenvalue weighted by molar-refractivity contribution is 5.88. The molecule has 0 radical (unpaired) electrons. The standard InChI is InChI=1S/C11H13N5O3/c1-6-4-7(2)16(10(17)9(6)11(18)19)5-8-12-14-15(3)13-8/h4H,5H2,1-3H3,(H,18,19). The number of pyridine rings is 1. The van der Waals surface area contributed by atoms with Gasteiger partial charge in [0.2, 0.25) is 0 Å². The lowest BCUT2D eigenvalue weighted by atomic mass is 10.1. The quantitative estimate of drug-likeness (QED) is 0.818. The van der Waals surface area contributed by atoms with Crippen LogP contribution >= 0.6 is 0 Å². The number of carboxylic acid groups (broad SMARTS) is 1. The van der Waals surface area contributed by atoms with Crippen molar-refractivity contribution in [1.82, 2.24) is 24.8 Å². The van der Waals surface area contributed by atoms with Crippen molar-refractivity contribution in [2.75, 3.05) is 0 Å². The monoisotopic (exact) mass is 263 g/mol. The van der Waals surface area contributed by atoms with Crippen molar-refractivity contribution in [3.8, 4) is 0 Å². The molecule has 0 fully saturated rings. The predicted octanol–water partition coefficient (Wildman–Crippen LogP) is -0.265. The average molecular weight is 263 g/mol. The van der Waals surface area contributed by atoms with Gasteiger partial charge in [-0.15, -0.1) is 10.2 Å². The van der Waals surface area contributed by atoms with E-state index in [9.17, 15) is 9.59 Å². The molecule has 0 spiro atoms. The van der Waals surface area contributed by atoms with Crippen LogP contribution in [0.4, 0.5) is 0 Å². The number of aromatic nitrogens is 5. The van der Waals surface area contributed by atoms with Crippen LogP contribution in [0.5, 0.6) is 0 Å². The van der Waals surface area contributed by atoms with Gasteiger partial charge in [-0.1, -0.05) is 0 Å². The number of carboxylic acids is 1. The number of carbonyl (C=O) groups is 1. The Kier molecular flexibility index (Phi) is 3.16. The maximum absolute atomic E-state index is 12.2. The molecule has 1 N–H and O–H groups in total. The van der Waals surface area contributed by atoms with Gasteiger partial charge in [-0.3, -0.25) is 4.79 Å². The molecule has 0 bridgehead atoms. The number of aryl methyl sites for hydroxylation is 3. The summed E-state index contributed by atoms with van der Waals surface area (Å²) in [6.45, 7) is 3.43. The molecule has 0 aliphatic carbocycles. The first-order chi connectivity index (χ1) is 8.90. The van der Waals surface area contributed by atoms with Crippen LogP contribution in [0.25, 0.3) is 0 Å². The minimum atomic E-state index is -1.23. The van der Waals surface area contributed by atoms with Gasteiger partial charge in [0.15, 0.2) is 5.82 Å². The Morgan fingerprint density at radius 2 is 2.11 bits per heavy atom. The Balaban J connectivity index is 2.54. The van der Waals surface area contributed by atoms with E-state index < -0.39 is 11.5 Å². The fourth-order valence-corrected chi connectivity index (χ4v) is 1.91. The fourth-order valence-electron chi connectivity index (χ4n) is 1.91. The van der Waals surface area contributed by atoms with Gasteiger partial charge in [0, 0.05) is 5.69 Å². The smallest absolute Gasteiger partial charge is 0.341 e. The first-order valence-corrected chi connectivity index (χ1v) is 5.57. The topological polar surface area (TPSA) is 103 Å². The molecule has 2 heterocycles. The van der Waals surface area contributed by atoms with E-state index in [1.807, 2.05) is 0 Å². The van der Waals surface area contributed by atoms with Crippen molar-refractivity contribution < 1.29 is 9.90 Å². The number of rotatable bonds is 3. The van der Waals surface area contributed by atoms with Crippen LogP contribution in [0.2, 0.25) is 0 Å². The minimum absolute atomic E-state index is 0.0963. The maximum Gasteiger partial charge on any atom is 0.341 e. The normalized spacial score (nSPS) is 10.7. The molecule has 0 saturated heterocycles. The number of aromatic carboxylic acids is 1. The summed E-state index contributed by atoms with van der Waals surface area (Å²) in [5.41, 5.74) is 0.310. The summed E-state index contributed by atoms with van der Waals surface area (Å²) in [5.74, 6) is -0.878. The highest BCUT2D eigenvalue weighted by Crippen LogP contribution is 2.07. The van der Waals surface area contributed by atoms with Crippen molar-refractivity contribution >= 4 is 5.97 Å². The second-order valence-corrected chi connectivity index (χ2v) is 4.24. The summed E-state index contributed by atoms with van der Waals surface area (Å²) in [6.07, 6.45) is 0. The molecule has 8 heteroatoms. The molecular formula is C11H13N5O3. The van der Waals surface area contributed by atoms with E-state index in [1.165, 1.54) is 9.36 Å². The molecule has 19 heavy (non-hydrogen) atoms. The Bertz CT molecular complexity index is 701. The number of tetrazole rings is 1. The summed E-state index contributed by atoms with van der Waals surface area (Å²) in [4.78, 5) is 24.5. The molecule has 2 aromatic heterocycles. The zero-order valence-corrected chi connectivity index (χ0v) is 10.8. The molecule has 8 nitrogen and oxygen atoms in total. The molecule has 100 valence electrons. The third-order valence-corrected chi connectivity index (χ3v) is 2.77. The highest BCUT2D eigenvalue weighted by atomic mass is 16.4. The van der Waals surface area contributed by atoms with Gasteiger partial charge in [-0.2, -0.15) is 4.80 Å². The van der Waals surface area contributed by atoms with Gasteiger partial charge in [0.1, 0.15) is 5.56 Å². The summed E-state index contributed by atoms with van der Waals surface area (Å²) < 4.78 is 1.33. The molecule has 0 aromatic carbocycles. The molecule has 0 amide bonds. The van der Waals surface area contributed by atoms with Crippen LogP contribution in [-0.2, 0) is 13.6 Å². The number of hydrogen-bond acceptors (Lipinski definition) is 5. The van der Waals surface area contributed by atoms with E-state index in [0.29, 0.717) is 17.1 Å². The molecule has 0 saturated carbocycles. The van der Waals surface area contributed by atoms with Gasteiger partial charge in [-0.25, -0.2) is 4.79 Å². The van der Waals surface area contributed by atoms with Crippen LogP contribution in [0.1, 0.15) is 27.4 Å². The first-order valence-electron chi connectivity index (χ1n) is 5.57. The average Bonchev–Trinajstić information content (AvgIpc) is 2.69. The van der Waals surface area contributed by atoms with Crippen LogP contribution in [0.3, 0.4) is 0 Å². The third kappa shape index (κ3) is 2.37. The second kappa shape index (κ2) is 4.63. The van der Waals surface area contributed by atoms with Gasteiger partial charge in [-0.05, 0) is 30.7 Å². The minimum Gasteiger partial charge on any atom is -0.477 e. The molecule has 0 aliphatic heterocycles. The molecule has 2 rings (SSSR count). The molecule has 2 aromatic rings. The lowest BCUT2D eigenvalue weighted by molar-refractivity contribution is 0.0693. The summed E-state index contributed by atoms with van der Waals surface area (Å²) in [5, 5.41) is 20.5. The highest BCUT2D eigenvalue weighted by Gasteiger charge is 2.17. The van der Waals surface area contributed by atoms with E-state index in [-0.39, 0.29) is 12.1 Å². The van der Waals surface area contributed by atoms with E-state index in [0.717, 1.165) is 0 Å². The second-order valence-electron chi connectivity index (χ2n) is 4.24. The summed E-state index contributed by atoms with van der Waals surface area (Å²) in [6, 6.07) is 1.65. The zero-order valence-electron chi connectivity index (χ0n) is 10.8. The maximum atomic E-state index is 12.2. The van der Waals surface area contributed by atoms with Gasteiger partial charge < -0.3 is 9.67 Å². The Morgan fingerprint density at radius 1 is 1.42 bits per heavy atom. The van der Waals surface area contributed by atoms with Crippen LogP contribution in [0, 0.1) is 13.8 Å². The SMILES string of the molecule is Cc1cc(C)n(Cc2nnn(C)n2)c(=O)c1C(=O)O. The number of nitrogens with zero attached hydrogens (tertiary/aromatic N) is 5. The number of hydrogen-bond donors (Lipinski definition) is 1. The largest absolute Gasteiger partial charge is 0.477 e. The van der Waals surface area contributed by atoms with E-state index in [1.54, 1.807) is 27.0 Å². The zero-order chi connectivity index (χ0) is 14.2. The lowest BCUT2D eigenvalue weighted by Crippen LogP contribution is -2.30. The van der Waals surface area contributed by atoms with Gasteiger partial charge in [0.25, 0.3) is 5.56 Å². The van der Waals surface area contributed by atoms with Gasteiger partial charge >= 0.3 is 5.97 Å². The predicted molar refractivity (Wildman–Crippen MR) is 65.0 cm³/mol. The third-order valence-electron chi connectivity index (χ3n) is 2.77. The van der Waals surface area contributed by atoms with E-state index >= 15 is 0 Å².